The van der Waals surface area contributed by atoms with E-state index in [9.17, 15) is 19.2 Å². The predicted molar refractivity (Wildman–Crippen MR) is 238 cm³/mol. The van der Waals surface area contributed by atoms with E-state index in [1.165, 1.54) is 14.2 Å². The second kappa shape index (κ2) is 17.7. The zero-order valence-electron chi connectivity index (χ0n) is 36.0. The van der Waals surface area contributed by atoms with Crippen molar-refractivity contribution >= 4 is 45.5 Å². The van der Waals surface area contributed by atoms with Gasteiger partial charge in [0.25, 0.3) is 0 Å². The highest BCUT2D eigenvalue weighted by atomic mass is 16.5. The molecule has 14 heteroatoms. The van der Waals surface area contributed by atoms with Crippen molar-refractivity contribution in [3.63, 3.8) is 0 Å². The van der Waals surface area contributed by atoms with Crippen molar-refractivity contribution in [3.8, 4) is 33.6 Å². The summed E-state index contributed by atoms with van der Waals surface area (Å²) in [6.07, 6.45) is 5.61. The molecule has 62 heavy (non-hydrogen) atoms. The molecule has 0 spiro atoms. The van der Waals surface area contributed by atoms with Gasteiger partial charge in [0.05, 0.1) is 50.1 Å². The predicted octanol–water partition coefficient (Wildman–Crippen LogP) is 8.53. The van der Waals surface area contributed by atoms with Gasteiger partial charge >= 0.3 is 12.2 Å². The lowest BCUT2D eigenvalue weighted by Gasteiger charge is -2.30. The number of aromatic nitrogens is 4. The molecule has 0 aliphatic carbocycles. The van der Waals surface area contributed by atoms with Gasteiger partial charge in [-0.3, -0.25) is 9.59 Å². The SMILES string of the molecule is COC(=O)N[C@H](C(=O)N1CCC[C@H]1c1ncc(-c2cccc3c(-c4cccc5c(-c6cnc([C@@H]7CCCN7C(=O)[C@@H](NC(=O)OC)C(C)C)[nH]6)cccc45)cccc23)[nH]1)C(C)C. The molecule has 4 aromatic carbocycles. The first-order valence-electron chi connectivity index (χ1n) is 21.4. The minimum atomic E-state index is -0.710. The number of nitrogens with one attached hydrogen (secondary N) is 4. The smallest absolute Gasteiger partial charge is 0.407 e. The van der Waals surface area contributed by atoms with Crippen LogP contribution in [0.3, 0.4) is 0 Å². The van der Waals surface area contributed by atoms with Gasteiger partial charge in [0.2, 0.25) is 11.8 Å². The number of H-pyrrole nitrogens is 2. The van der Waals surface area contributed by atoms with E-state index in [2.05, 4.69) is 93.4 Å². The fraction of sp³-hybridized carbons (Fsp3) is 0.375. The zero-order chi connectivity index (χ0) is 43.7. The highest BCUT2D eigenvalue weighted by Crippen LogP contribution is 2.41. The molecular weight excluding hydrogens is 785 g/mol. The van der Waals surface area contributed by atoms with Gasteiger partial charge in [-0.2, -0.15) is 0 Å². The fourth-order valence-corrected chi connectivity index (χ4v) is 9.23. The van der Waals surface area contributed by atoms with E-state index in [0.29, 0.717) is 24.7 Å². The van der Waals surface area contributed by atoms with Crippen molar-refractivity contribution in [2.45, 2.75) is 77.5 Å². The van der Waals surface area contributed by atoms with E-state index in [1.807, 2.05) is 49.9 Å². The molecule has 0 saturated carbocycles. The van der Waals surface area contributed by atoms with Crippen LogP contribution >= 0.6 is 0 Å². The van der Waals surface area contributed by atoms with Crippen molar-refractivity contribution in [2.24, 2.45) is 11.8 Å². The van der Waals surface area contributed by atoms with Gasteiger partial charge in [0, 0.05) is 24.2 Å². The number of nitrogens with zero attached hydrogens (tertiary/aromatic N) is 4. The van der Waals surface area contributed by atoms with Crippen LogP contribution in [0.5, 0.6) is 0 Å². The number of carbonyl (C=O) groups excluding carboxylic acids is 4. The largest absolute Gasteiger partial charge is 0.453 e. The summed E-state index contributed by atoms with van der Waals surface area (Å²) in [5.41, 5.74) is 5.88. The van der Waals surface area contributed by atoms with Crippen molar-refractivity contribution in [3.05, 3.63) is 96.8 Å². The highest BCUT2D eigenvalue weighted by Gasteiger charge is 2.39. The van der Waals surface area contributed by atoms with Crippen LogP contribution in [-0.2, 0) is 19.1 Å². The van der Waals surface area contributed by atoms with Gasteiger partial charge in [0.15, 0.2) is 0 Å². The summed E-state index contributed by atoms with van der Waals surface area (Å²) < 4.78 is 9.61. The van der Waals surface area contributed by atoms with Crippen LogP contribution in [0.2, 0.25) is 0 Å². The summed E-state index contributed by atoms with van der Waals surface area (Å²) in [6, 6.07) is 23.4. The maximum Gasteiger partial charge on any atom is 0.407 e. The number of benzene rings is 4. The standard InChI is InChI=1S/C48H54N8O6/c1-27(2)41(53-47(59)61-5)45(57)55-23-11-21-39(55)43-49-25-37(51-43)35-19-9-15-31-29(13-7-17-33(31)35)30-14-8-18-34-32(30)16-10-20-36(34)38-26-50-44(52-38)40-22-12-24-56(40)46(58)42(28(3)4)54-48(60)62-6/h7-10,13-20,25-28,39-42H,11-12,21-24H2,1-6H3,(H,49,51)(H,50,52)(H,53,59)(H,54,60)/t39-,40-,41-,42-/m0/s1. The zero-order valence-corrected chi connectivity index (χ0v) is 36.0. The van der Waals surface area contributed by atoms with Crippen molar-refractivity contribution in [2.75, 3.05) is 27.3 Å². The quantitative estimate of drug-likeness (QED) is 0.100. The van der Waals surface area contributed by atoms with E-state index < -0.39 is 24.3 Å². The number of methoxy groups -OCH3 is 2. The van der Waals surface area contributed by atoms with E-state index in [-0.39, 0.29) is 35.7 Å². The van der Waals surface area contributed by atoms with Crippen molar-refractivity contribution in [1.82, 2.24) is 40.4 Å². The first-order valence-corrected chi connectivity index (χ1v) is 21.4. The Hall–Kier alpha value is -6.70. The van der Waals surface area contributed by atoms with Gasteiger partial charge in [-0.15, -0.1) is 0 Å². The topological polar surface area (TPSA) is 175 Å². The minimum absolute atomic E-state index is 0.124. The van der Waals surface area contributed by atoms with Crippen LogP contribution in [0.4, 0.5) is 9.59 Å². The highest BCUT2D eigenvalue weighted by molar-refractivity contribution is 6.11. The van der Waals surface area contributed by atoms with Crippen LogP contribution in [0.15, 0.2) is 85.2 Å². The molecule has 322 valence electrons. The Morgan fingerprint density at radius 2 is 0.935 bits per heavy atom. The summed E-state index contributed by atoms with van der Waals surface area (Å²) in [5, 5.41) is 9.74. The number of amides is 4. The van der Waals surface area contributed by atoms with Gasteiger partial charge < -0.3 is 39.9 Å². The second-order valence-electron chi connectivity index (χ2n) is 16.9. The average Bonchev–Trinajstić information content (AvgIpc) is 4.13. The van der Waals surface area contributed by atoms with Crippen LogP contribution < -0.4 is 10.6 Å². The molecular formula is C48H54N8O6. The number of fused-ring (bicyclic) bond motifs is 2. The molecule has 14 nitrogen and oxygen atoms in total. The average molecular weight is 839 g/mol. The number of likely N-dealkylation sites (tertiary alicyclic amines) is 2. The van der Waals surface area contributed by atoms with Crippen LogP contribution in [0.25, 0.3) is 55.2 Å². The molecule has 4 N–H and O–H groups in total. The Kier molecular flexibility index (Phi) is 12.0. The van der Waals surface area contributed by atoms with Crippen LogP contribution in [0.1, 0.15) is 77.1 Å². The third-order valence-corrected chi connectivity index (χ3v) is 12.4. The molecule has 4 amide bonds. The van der Waals surface area contributed by atoms with E-state index >= 15 is 0 Å². The third-order valence-electron chi connectivity index (χ3n) is 12.4. The number of carbonyl (C=O) groups is 4. The van der Waals surface area contributed by atoms with Crippen molar-refractivity contribution < 1.29 is 28.7 Å². The number of alkyl carbamates (subject to hydrolysis) is 2. The van der Waals surface area contributed by atoms with E-state index in [4.69, 9.17) is 19.4 Å². The molecule has 6 aromatic rings. The number of ether oxygens (including phenoxy) is 2. The Morgan fingerprint density at radius 3 is 1.29 bits per heavy atom. The summed E-state index contributed by atoms with van der Waals surface area (Å²) in [6.45, 7) is 8.78. The Balaban J connectivity index is 1.08. The summed E-state index contributed by atoms with van der Waals surface area (Å²) in [4.78, 5) is 72.2. The molecule has 2 saturated heterocycles. The van der Waals surface area contributed by atoms with E-state index in [1.54, 1.807) is 0 Å². The first kappa shape index (κ1) is 42.0. The molecule has 2 aliphatic rings. The summed E-state index contributed by atoms with van der Waals surface area (Å²) in [7, 11) is 2.59. The summed E-state index contributed by atoms with van der Waals surface area (Å²) >= 11 is 0. The van der Waals surface area contributed by atoms with Crippen LogP contribution in [0, 0.1) is 11.8 Å². The molecule has 0 radical (unpaired) electrons. The molecule has 0 unspecified atom stereocenters. The van der Waals surface area contributed by atoms with Gasteiger partial charge in [-0.25, -0.2) is 19.6 Å². The number of aromatic amines is 2. The van der Waals surface area contributed by atoms with Gasteiger partial charge in [-0.05, 0) is 70.2 Å². The summed E-state index contributed by atoms with van der Waals surface area (Å²) in [5.74, 6) is 0.884. The molecule has 8 rings (SSSR count). The van der Waals surface area contributed by atoms with Gasteiger partial charge in [0.1, 0.15) is 23.7 Å². The number of rotatable bonds is 11. The lowest BCUT2D eigenvalue weighted by molar-refractivity contribution is -0.136. The molecule has 4 atom stereocenters. The minimum Gasteiger partial charge on any atom is -0.453 e. The van der Waals surface area contributed by atoms with Gasteiger partial charge in [-0.1, -0.05) is 100 Å². The third kappa shape index (κ3) is 7.96. The molecule has 4 heterocycles. The number of hydrogen-bond donors (Lipinski definition) is 4. The van der Waals surface area contributed by atoms with Crippen LogP contribution in [-0.4, -0.2) is 93.1 Å². The lowest BCUT2D eigenvalue weighted by Crippen LogP contribution is -2.51. The second-order valence-corrected chi connectivity index (χ2v) is 16.9. The normalized spacial score (nSPS) is 17.5. The molecule has 2 aromatic heterocycles. The Bertz CT molecular complexity index is 2450. The lowest BCUT2D eigenvalue weighted by atomic mass is 9.90. The number of hydrogen-bond acceptors (Lipinski definition) is 8. The van der Waals surface area contributed by atoms with Crippen molar-refractivity contribution in [1.29, 1.82) is 0 Å². The van der Waals surface area contributed by atoms with E-state index in [0.717, 1.165) is 80.9 Å². The molecule has 2 fully saturated rings. The Morgan fingerprint density at radius 1 is 0.581 bits per heavy atom. The molecule has 0 bridgehead atoms. The maximum atomic E-state index is 13.8. The first-order chi connectivity index (χ1) is 30.0. The fourth-order valence-electron chi connectivity index (χ4n) is 9.23. The molecule has 2 aliphatic heterocycles. The monoisotopic (exact) mass is 838 g/mol. The number of imidazole rings is 2. The Labute approximate surface area is 360 Å². The maximum absolute atomic E-state index is 13.8.